The fraction of sp³-hybridized carbons (Fsp3) is 0.400. The maximum absolute atomic E-state index is 12.8. The molecule has 1 aromatic heterocycles. The van der Waals surface area contributed by atoms with Crippen LogP contribution in [0, 0.1) is 0 Å². The fourth-order valence-electron chi connectivity index (χ4n) is 2.70. The van der Waals surface area contributed by atoms with E-state index in [9.17, 15) is 13.2 Å². The molecule has 1 unspecified atom stereocenters. The van der Waals surface area contributed by atoms with Crippen LogP contribution in [0.25, 0.3) is 11.3 Å². The lowest BCUT2D eigenvalue weighted by Crippen LogP contribution is -2.43. The number of hydrogen-bond acceptors (Lipinski definition) is 3. The van der Waals surface area contributed by atoms with Crippen LogP contribution in [0.2, 0.25) is 0 Å². The van der Waals surface area contributed by atoms with Crippen molar-refractivity contribution in [2.24, 2.45) is 5.73 Å². The number of halogens is 3. The number of H-pyrrole nitrogens is 1. The van der Waals surface area contributed by atoms with Gasteiger partial charge >= 0.3 is 6.18 Å². The van der Waals surface area contributed by atoms with E-state index in [1.165, 1.54) is 6.07 Å². The van der Waals surface area contributed by atoms with E-state index in [0.717, 1.165) is 37.3 Å². The highest BCUT2D eigenvalue weighted by Gasteiger charge is 2.30. The molecular formula is C15H17F3N4. The summed E-state index contributed by atoms with van der Waals surface area (Å²) < 4.78 is 38.3. The van der Waals surface area contributed by atoms with Gasteiger partial charge in [0.15, 0.2) is 5.82 Å². The predicted octanol–water partition coefficient (Wildman–Crippen LogP) is 3.02. The number of hydrogen-bond donors (Lipinski definition) is 2. The fourth-order valence-corrected chi connectivity index (χ4v) is 2.70. The van der Waals surface area contributed by atoms with Crippen LogP contribution < -0.4 is 10.6 Å². The predicted molar refractivity (Wildman–Crippen MR) is 78.4 cm³/mol. The zero-order chi connectivity index (χ0) is 15.7. The molecule has 1 atom stereocenters. The van der Waals surface area contributed by atoms with Gasteiger partial charge in [0.1, 0.15) is 0 Å². The van der Waals surface area contributed by atoms with Crippen molar-refractivity contribution in [2.75, 3.05) is 18.0 Å². The molecule has 7 heteroatoms. The Morgan fingerprint density at radius 3 is 2.82 bits per heavy atom. The number of aromatic nitrogens is 2. The van der Waals surface area contributed by atoms with Crippen molar-refractivity contribution in [3.63, 3.8) is 0 Å². The van der Waals surface area contributed by atoms with Gasteiger partial charge in [0.2, 0.25) is 0 Å². The number of nitrogens with one attached hydrogen (secondary N) is 1. The summed E-state index contributed by atoms with van der Waals surface area (Å²) in [4.78, 5) is 2.06. The second kappa shape index (κ2) is 5.64. The summed E-state index contributed by atoms with van der Waals surface area (Å²) in [5.74, 6) is 0.725. The molecule has 3 N–H and O–H groups in total. The maximum atomic E-state index is 12.8. The molecule has 0 aliphatic carbocycles. The Labute approximate surface area is 126 Å². The lowest BCUT2D eigenvalue weighted by molar-refractivity contribution is -0.137. The summed E-state index contributed by atoms with van der Waals surface area (Å²) in [6, 6.07) is 7.10. The molecule has 0 spiro atoms. The number of benzene rings is 1. The van der Waals surface area contributed by atoms with Gasteiger partial charge in [0.05, 0.1) is 11.3 Å². The van der Waals surface area contributed by atoms with Crippen LogP contribution in [0.1, 0.15) is 18.4 Å². The first-order valence-corrected chi connectivity index (χ1v) is 7.17. The standard InChI is InChI=1S/C15H17F3N4/c16-15(17,18)11-4-1-3-10(7-11)13-8-14(21-20-13)22-6-2-5-12(19)9-22/h1,3-4,7-8,12H,2,5-6,9,19H2,(H,20,21). The van der Waals surface area contributed by atoms with Crippen LogP contribution in [0.5, 0.6) is 0 Å². The Bertz CT molecular complexity index is 650. The van der Waals surface area contributed by atoms with Crippen LogP contribution >= 0.6 is 0 Å². The highest BCUT2D eigenvalue weighted by molar-refractivity contribution is 5.64. The molecule has 3 rings (SSSR count). The molecule has 0 radical (unpaired) electrons. The highest BCUT2D eigenvalue weighted by atomic mass is 19.4. The van der Waals surface area contributed by atoms with Gasteiger partial charge in [0, 0.05) is 30.8 Å². The largest absolute Gasteiger partial charge is 0.416 e. The molecule has 1 saturated heterocycles. The van der Waals surface area contributed by atoms with E-state index in [-0.39, 0.29) is 6.04 Å². The van der Waals surface area contributed by atoms with Gasteiger partial charge in [0.25, 0.3) is 0 Å². The monoisotopic (exact) mass is 310 g/mol. The smallest absolute Gasteiger partial charge is 0.354 e. The average Bonchev–Trinajstić information content (AvgIpc) is 2.96. The number of nitrogens with zero attached hydrogens (tertiary/aromatic N) is 2. The third kappa shape index (κ3) is 3.09. The highest BCUT2D eigenvalue weighted by Crippen LogP contribution is 2.32. The van der Waals surface area contributed by atoms with E-state index in [0.29, 0.717) is 17.8 Å². The van der Waals surface area contributed by atoms with Gasteiger partial charge < -0.3 is 10.6 Å². The summed E-state index contributed by atoms with van der Waals surface area (Å²) in [5, 5.41) is 7.02. The normalized spacial score (nSPS) is 19.5. The van der Waals surface area contributed by atoms with E-state index < -0.39 is 11.7 Å². The maximum Gasteiger partial charge on any atom is 0.416 e. The summed E-state index contributed by atoms with van der Waals surface area (Å²) in [6.07, 6.45) is -2.37. The summed E-state index contributed by atoms with van der Waals surface area (Å²) in [6.45, 7) is 1.58. The Hall–Kier alpha value is -2.02. The Kier molecular flexibility index (Phi) is 3.82. The number of aromatic amines is 1. The molecule has 0 saturated carbocycles. The van der Waals surface area contributed by atoms with E-state index in [1.54, 1.807) is 12.1 Å². The van der Waals surface area contributed by atoms with Gasteiger partial charge in [-0.2, -0.15) is 18.3 Å². The molecule has 1 aliphatic rings. The second-order valence-electron chi connectivity index (χ2n) is 5.57. The molecule has 118 valence electrons. The van der Waals surface area contributed by atoms with Crippen LogP contribution in [0.4, 0.5) is 19.0 Å². The van der Waals surface area contributed by atoms with Crippen molar-refractivity contribution in [3.05, 3.63) is 35.9 Å². The van der Waals surface area contributed by atoms with Crippen molar-refractivity contribution in [2.45, 2.75) is 25.1 Å². The first-order valence-electron chi connectivity index (χ1n) is 7.17. The quantitative estimate of drug-likeness (QED) is 0.896. The lowest BCUT2D eigenvalue weighted by Gasteiger charge is -2.30. The molecule has 1 fully saturated rings. The minimum atomic E-state index is -4.35. The number of alkyl halides is 3. The van der Waals surface area contributed by atoms with Gasteiger partial charge in [-0.05, 0) is 25.0 Å². The van der Waals surface area contributed by atoms with Crippen molar-refractivity contribution in [1.82, 2.24) is 10.2 Å². The van der Waals surface area contributed by atoms with E-state index in [4.69, 9.17) is 5.73 Å². The van der Waals surface area contributed by atoms with E-state index >= 15 is 0 Å². The Morgan fingerprint density at radius 1 is 1.27 bits per heavy atom. The van der Waals surface area contributed by atoms with Crippen LogP contribution in [-0.2, 0) is 6.18 Å². The van der Waals surface area contributed by atoms with Crippen molar-refractivity contribution in [1.29, 1.82) is 0 Å². The minimum absolute atomic E-state index is 0.113. The first-order chi connectivity index (χ1) is 10.4. The van der Waals surface area contributed by atoms with Gasteiger partial charge in [-0.15, -0.1) is 0 Å². The van der Waals surface area contributed by atoms with Crippen molar-refractivity contribution >= 4 is 5.82 Å². The zero-order valence-electron chi connectivity index (χ0n) is 11.9. The molecule has 4 nitrogen and oxygen atoms in total. The van der Waals surface area contributed by atoms with E-state index in [2.05, 4.69) is 15.1 Å². The zero-order valence-corrected chi connectivity index (χ0v) is 11.9. The average molecular weight is 310 g/mol. The van der Waals surface area contributed by atoms with Gasteiger partial charge in [-0.25, -0.2) is 0 Å². The molecular weight excluding hydrogens is 293 g/mol. The van der Waals surface area contributed by atoms with Gasteiger partial charge in [-0.1, -0.05) is 12.1 Å². The third-order valence-corrected chi connectivity index (χ3v) is 3.85. The first kappa shape index (κ1) is 14.9. The van der Waals surface area contributed by atoms with Crippen LogP contribution in [-0.4, -0.2) is 29.3 Å². The third-order valence-electron chi connectivity index (χ3n) is 3.85. The molecule has 22 heavy (non-hydrogen) atoms. The van der Waals surface area contributed by atoms with Crippen LogP contribution in [0.3, 0.4) is 0 Å². The van der Waals surface area contributed by atoms with Crippen molar-refractivity contribution in [3.8, 4) is 11.3 Å². The van der Waals surface area contributed by atoms with Gasteiger partial charge in [-0.3, -0.25) is 5.10 Å². The molecule has 1 aromatic carbocycles. The topological polar surface area (TPSA) is 57.9 Å². The van der Waals surface area contributed by atoms with E-state index in [1.807, 2.05) is 0 Å². The molecule has 0 amide bonds. The molecule has 1 aliphatic heterocycles. The second-order valence-corrected chi connectivity index (χ2v) is 5.57. The Balaban J connectivity index is 1.85. The van der Waals surface area contributed by atoms with Crippen LogP contribution in [0.15, 0.2) is 30.3 Å². The summed E-state index contributed by atoms with van der Waals surface area (Å²) in [7, 11) is 0. The minimum Gasteiger partial charge on any atom is -0.354 e. The number of nitrogens with two attached hydrogens (primary N) is 1. The molecule has 2 aromatic rings. The number of rotatable bonds is 2. The van der Waals surface area contributed by atoms with Crippen molar-refractivity contribution < 1.29 is 13.2 Å². The lowest BCUT2D eigenvalue weighted by atomic mass is 10.1. The number of piperidine rings is 1. The summed E-state index contributed by atoms with van der Waals surface area (Å²) >= 11 is 0. The summed E-state index contributed by atoms with van der Waals surface area (Å²) in [5.41, 5.74) is 6.32. The molecule has 2 heterocycles. The SMILES string of the molecule is NC1CCCN(c2cc(-c3cccc(C(F)(F)F)c3)[nH]n2)C1. The molecule has 0 bridgehead atoms. The Morgan fingerprint density at radius 2 is 2.09 bits per heavy atom. The number of anilines is 1.